The molecule has 1 amide bonds. The lowest BCUT2D eigenvalue weighted by Gasteiger charge is -2.28. The first kappa shape index (κ1) is 27.5. The van der Waals surface area contributed by atoms with Crippen LogP contribution in [0.2, 0.25) is 5.02 Å². The van der Waals surface area contributed by atoms with Crippen molar-refractivity contribution in [3.8, 4) is 5.75 Å². The minimum absolute atomic E-state index is 0.0187. The number of nitrogens with zero attached hydrogens (tertiary/aromatic N) is 1. The third-order valence-corrected chi connectivity index (χ3v) is 7.69. The molecule has 1 aromatic heterocycles. The molecule has 206 valence electrons. The zero-order valence-electron chi connectivity index (χ0n) is 23.5. The van der Waals surface area contributed by atoms with E-state index in [0.717, 1.165) is 27.8 Å². The lowest BCUT2D eigenvalue weighted by molar-refractivity contribution is -0.130. The Kier molecular flexibility index (Phi) is 7.01. The van der Waals surface area contributed by atoms with Crippen LogP contribution >= 0.6 is 11.6 Å². The maximum atomic E-state index is 14.0. The number of hydrogen-bond donors (Lipinski definition) is 1. The Morgan fingerprint density at radius 2 is 1.75 bits per heavy atom. The van der Waals surface area contributed by atoms with Crippen molar-refractivity contribution in [2.75, 3.05) is 7.11 Å². The van der Waals surface area contributed by atoms with E-state index in [9.17, 15) is 14.7 Å². The lowest BCUT2D eigenvalue weighted by Crippen LogP contribution is -2.31. The van der Waals surface area contributed by atoms with Crippen molar-refractivity contribution in [3.05, 3.63) is 111 Å². The predicted octanol–water partition coefficient (Wildman–Crippen LogP) is 7.79. The molecule has 1 aliphatic heterocycles. The highest BCUT2D eigenvalue weighted by atomic mass is 35.5. The number of halogens is 1. The highest BCUT2D eigenvalue weighted by molar-refractivity contribution is 6.31. The molecule has 0 fully saturated rings. The molecule has 0 spiro atoms. The monoisotopic (exact) mass is 557 g/mol. The van der Waals surface area contributed by atoms with Gasteiger partial charge in [0.25, 0.3) is 5.91 Å². The van der Waals surface area contributed by atoms with E-state index in [-0.39, 0.29) is 23.3 Å². The molecular weight excluding hydrogens is 526 g/mol. The maximum absolute atomic E-state index is 14.0. The number of amides is 1. The number of Topliss-reactive ketones (excluding diaryl/α,β-unsaturated/α-hetero) is 1. The van der Waals surface area contributed by atoms with E-state index < -0.39 is 23.5 Å². The highest BCUT2D eigenvalue weighted by Gasteiger charge is 2.44. The number of ether oxygens (including phenoxy) is 1. The summed E-state index contributed by atoms with van der Waals surface area (Å²) in [4.78, 5) is 29.2. The van der Waals surface area contributed by atoms with Crippen molar-refractivity contribution in [1.82, 2.24) is 4.90 Å². The Hall–Kier alpha value is -4.03. The Morgan fingerprint density at radius 3 is 2.40 bits per heavy atom. The zero-order valence-corrected chi connectivity index (χ0v) is 24.2. The summed E-state index contributed by atoms with van der Waals surface area (Å²) in [5.41, 5.74) is 5.10. The summed E-state index contributed by atoms with van der Waals surface area (Å²) in [6.45, 7) is 10.6. The van der Waals surface area contributed by atoms with E-state index >= 15 is 0 Å². The lowest BCUT2D eigenvalue weighted by atomic mass is 9.85. The first-order valence-corrected chi connectivity index (χ1v) is 13.5. The van der Waals surface area contributed by atoms with Crippen molar-refractivity contribution >= 4 is 34.3 Å². The second-order valence-corrected chi connectivity index (χ2v) is 11.8. The summed E-state index contributed by atoms with van der Waals surface area (Å²) in [6, 6.07) is 17.9. The van der Waals surface area contributed by atoms with Gasteiger partial charge >= 0.3 is 0 Å². The molecule has 40 heavy (non-hydrogen) atoms. The predicted molar refractivity (Wildman–Crippen MR) is 156 cm³/mol. The van der Waals surface area contributed by atoms with Gasteiger partial charge in [0.05, 0.1) is 18.7 Å². The fraction of sp³-hybridized carbons (Fsp3) is 0.273. The largest absolute Gasteiger partial charge is 0.503 e. The van der Waals surface area contributed by atoms with Gasteiger partial charge in [0.2, 0.25) is 5.78 Å². The molecule has 1 aliphatic rings. The van der Waals surface area contributed by atoms with Gasteiger partial charge < -0.3 is 19.2 Å². The molecule has 1 atom stereocenters. The number of benzene rings is 3. The van der Waals surface area contributed by atoms with Crippen molar-refractivity contribution in [2.24, 2.45) is 0 Å². The molecule has 1 unspecified atom stereocenters. The number of carbonyl (C=O) groups excluding carboxylic acids is 2. The Labute approximate surface area is 238 Å². The van der Waals surface area contributed by atoms with E-state index in [0.29, 0.717) is 21.7 Å². The molecule has 0 bridgehead atoms. The number of methoxy groups -OCH3 is 1. The molecule has 4 aromatic rings. The molecule has 7 heteroatoms. The minimum Gasteiger partial charge on any atom is -0.503 e. The average Bonchev–Trinajstić information content (AvgIpc) is 3.44. The van der Waals surface area contributed by atoms with Crippen LogP contribution in [-0.4, -0.2) is 28.8 Å². The van der Waals surface area contributed by atoms with E-state index in [4.69, 9.17) is 20.8 Å². The van der Waals surface area contributed by atoms with E-state index in [1.165, 1.54) is 7.11 Å². The van der Waals surface area contributed by atoms with E-state index in [2.05, 4.69) is 20.8 Å². The standard InChI is InChI=1S/C33H32ClNO5/c1-18-7-8-19(2)22(13-18)17-35-28(20-9-11-23(12-10-20)33(3,4)5)27(30(37)32(35)38)29(36)25-15-21-14-24(34)16-26(39-6)31(21)40-25/h7-16,28,37H,17H2,1-6H3. The quantitative estimate of drug-likeness (QED) is 0.245. The van der Waals surface area contributed by atoms with Crippen LogP contribution in [0.3, 0.4) is 0 Å². The van der Waals surface area contributed by atoms with Crippen LogP contribution in [0.1, 0.15) is 65.2 Å². The number of fused-ring (bicyclic) bond motifs is 1. The summed E-state index contributed by atoms with van der Waals surface area (Å²) in [5, 5.41) is 12.2. The van der Waals surface area contributed by atoms with Gasteiger partial charge in [-0.2, -0.15) is 0 Å². The van der Waals surface area contributed by atoms with Gasteiger partial charge in [0.15, 0.2) is 22.9 Å². The molecule has 0 saturated carbocycles. The second kappa shape index (κ2) is 10.2. The molecule has 2 heterocycles. The van der Waals surface area contributed by atoms with Gasteiger partial charge in [-0.25, -0.2) is 0 Å². The van der Waals surface area contributed by atoms with Crippen LogP contribution in [0.25, 0.3) is 11.0 Å². The number of furan rings is 1. The fourth-order valence-corrected chi connectivity index (χ4v) is 5.41. The molecule has 0 radical (unpaired) electrons. The Balaban J connectivity index is 1.63. The van der Waals surface area contributed by atoms with Gasteiger partial charge in [-0.05, 0) is 53.6 Å². The van der Waals surface area contributed by atoms with Crippen LogP contribution in [0.5, 0.6) is 5.75 Å². The zero-order chi connectivity index (χ0) is 28.9. The van der Waals surface area contributed by atoms with Crippen LogP contribution < -0.4 is 4.74 Å². The van der Waals surface area contributed by atoms with Gasteiger partial charge in [-0.1, -0.05) is 80.4 Å². The summed E-state index contributed by atoms with van der Waals surface area (Å²) < 4.78 is 11.3. The van der Waals surface area contributed by atoms with Crippen LogP contribution in [0.4, 0.5) is 0 Å². The average molecular weight is 558 g/mol. The number of aliphatic hydroxyl groups is 1. The molecule has 3 aromatic carbocycles. The Bertz CT molecular complexity index is 1670. The summed E-state index contributed by atoms with van der Waals surface area (Å²) >= 11 is 6.22. The van der Waals surface area contributed by atoms with Gasteiger partial charge in [0.1, 0.15) is 0 Å². The van der Waals surface area contributed by atoms with Crippen molar-refractivity contribution < 1.29 is 23.8 Å². The van der Waals surface area contributed by atoms with Gasteiger partial charge in [-0.15, -0.1) is 0 Å². The number of ketones is 1. The third-order valence-electron chi connectivity index (χ3n) is 7.48. The normalized spacial score (nSPS) is 15.8. The molecule has 0 saturated heterocycles. The summed E-state index contributed by atoms with van der Waals surface area (Å²) in [6.07, 6.45) is 0. The number of rotatable bonds is 6. The first-order valence-electron chi connectivity index (χ1n) is 13.1. The van der Waals surface area contributed by atoms with Crippen LogP contribution in [0, 0.1) is 13.8 Å². The molecule has 0 aliphatic carbocycles. The number of aryl methyl sites for hydroxylation is 2. The molecule has 6 nitrogen and oxygen atoms in total. The van der Waals surface area contributed by atoms with Crippen molar-refractivity contribution in [1.29, 1.82) is 0 Å². The van der Waals surface area contributed by atoms with E-state index in [1.54, 1.807) is 23.1 Å². The summed E-state index contributed by atoms with van der Waals surface area (Å²) in [7, 11) is 1.49. The maximum Gasteiger partial charge on any atom is 0.290 e. The smallest absolute Gasteiger partial charge is 0.290 e. The van der Waals surface area contributed by atoms with Crippen LogP contribution in [-0.2, 0) is 16.8 Å². The van der Waals surface area contributed by atoms with Crippen molar-refractivity contribution in [2.45, 2.75) is 52.6 Å². The fourth-order valence-electron chi connectivity index (χ4n) is 5.20. The van der Waals surface area contributed by atoms with Gasteiger partial charge in [0, 0.05) is 23.0 Å². The molecule has 5 rings (SSSR count). The minimum atomic E-state index is -0.812. The third kappa shape index (κ3) is 4.88. The number of hydrogen-bond acceptors (Lipinski definition) is 5. The highest BCUT2D eigenvalue weighted by Crippen LogP contribution is 2.42. The number of carbonyl (C=O) groups is 2. The van der Waals surface area contributed by atoms with E-state index in [1.807, 2.05) is 56.3 Å². The topological polar surface area (TPSA) is 80.0 Å². The Morgan fingerprint density at radius 1 is 1.05 bits per heavy atom. The van der Waals surface area contributed by atoms with Crippen LogP contribution in [0.15, 0.2) is 76.4 Å². The van der Waals surface area contributed by atoms with Gasteiger partial charge in [-0.3, -0.25) is 9.59 Å². The molecule has 1 N–H and O–H groups in total. The summed E-state index contributed by atoms with van der Waals surface area (Å²) in [5.74, 6) is -1.40. The second-order valence-electron chi connectivity index (χ2n) is 11.4. The van der Waals surface area contributed by atoms with Crippen molar-refractivity contribution in [3.63, 3.8) is 0 Å². The first-order chi connectivity index (χ1) is 18.9. The number of aliphatic hydroxyl groups excluding tert-OH is 1. The SMILES string of the molecule is COc1cc(Cl)cc2cc(C(=O)C3=C(O)C(=O)N(Cc4cc(C)ccc4C)C3c3ccc(C(C)(C)C)cc3)oc12. The molecular formula is C33H32ClNO5.